The van der Waals surface area contributed by atoms with Crippen molar-refractivity contribution in [2.75, 3.05) is 26.8 Å². The molecule has 3 rings (SSSR count). The third-order valence-electron chi connectivity index (χ3n) is 4.19. The van der Waals surface area contributed by atoms with Gasteiger partial charge < -0.3 is 18.9 Å². The fourth-order valence-corrected chi connectivity index (χ4v) is 2.66. The zero-order valence-electron chi connectivity index (χ0n) is 16.9. The van der Waals surface area contributed by atoms with Crippen LogP contribution in [0.3, 0.4) is 0 Å². The molecule has 1 N–H and O–H groups in total. The number of para-hydroxylation sites is 1. The lowest BCUT2D eigenvalue weighted by Gasteiger charge is -2.11. The van der Waals surface area contributed by atoms with E-state index in [-0.39, 0.29) is 0 Å². The highest BCUT2D eigenvalue weighted by Gasteiger charge is 2.15. The summed E-state index contributed by atoms with van der Waals surface area (Å²) in [4.78, 5) is 12.6. The van der Waals surface area contributed by atoms with Gasteiger partial charge >= 0.3 is 5.97 Å². The van der Waals surface area contributed by atoms with Crippen LogP contribution in [0.5, 0.6) is 23.0 Å². The van der Waals surface area contributed by atoms with Gasteiger partial charge in [-0.1, -0.05) is 18.2 Å². The number of benzene rings is 3. The van der Waals surface area contributed by atoms with Crippen molar-refractivity contribution in [3.8, 4) is 23.0 Å². The van der Waals surface area contributed by atoms with Crippen LogP contribution in [0, 0.1) is 0 Å². The number of hydrazone groups is 1. The highest BCUT2D eigenvalue weighted by molar-refractivity contribution is 5.92. The Hall–Kier alpha value is -4.00. The van der Waals surface area contributed by atoms with Gasteiger partial charge in [-0.25, -0.2) is 4.79 Å². The van der Waals surface area contributed by atoms with Gasteiger partial charge in [0.1, 0.15) is 0 Å². The third-order valence-corrected chi connectivity index (χ3v) is 4.19. The van der Waals surface area contributed by atoms with Crippen LogP contribution >= 0.6 is 0 Å². The number of methoxy groups -OCH3 is 3. The lowest BCUT2D eigenvalue weighted by atomic mass is 10.2. The van der Waals surface area contributed by atoms with Crippen molar-refractivity contribution in [1.82, 2.24) is 0 Å². The van der Waals surface area contributed by atoms with E-state index in [4.69, 9.17) is 18.9 Å². The van der Waals surface area contributed by atoms with E-state index < -0.39 is 5.97 Å². The predicted octanol–water partition coefficient (Wildman–Crippen LogP) is 4.38. The molecular weight excluding hydrogens is 384 g/mol. The van der Waals surface area contributed by atoms with E-state index in [0.717, 1.165) is 11.3 Å². The minimum absolute atomic E-state index is 0.297. The molecule has 0 spiro atoms. The lowest BCUT2D eigenvalue weighted by Crippen LogP contribution is -2.10. The second-order valence-electron chi connectivity index (χ2n) is 6.11. The molecule has 154 valence electrons. The number of rotatable bonds is 8. The molecule has 0 unspecified atom stereocenters. The van der Waals surface area contributed by atoms with Gasteiger partial charge in [0.05, 0.1) is 38.8 Å². The van der Waals surface area contributed by atoms with E-state index >= 15 is 0 Å². The molecular formula is C23H22N2O5. The molecule has 30 heavy (non-hydrogen) atoms. The number of esters is 1. The molecule has 0 radical (unpaired) electrons. The Bertz CT molecular complexity index is 1040. The second kappa shape index (κ2) is 9.97. The van der Waals surface area contributed by atoms with Crippen LogP contribution < -0.4 is 24.4 Å². The molecule has 7 nitrogen and oxygen atoms in total. The summed E-state index contributed by atoms with van der Waals surface area (Å²) < 4.78 is 21.3. The maximum atomic E-state index is 12.6. The molecule has 0 aromatic heterocycles. The van der Waals surface area contributed by atoms with Gasteiger partial charge in [0.25, 0.3) is 0 Å². The predicted molar refractivity (Wildman–Crippen MR) is 115 cm³/mol. The van der Waals surface area contributed by atoms with Gasteiger partial charge in [0.15, 0.2) is 23.0 Å². The molecule has 0 aliphatic carbocycles. The van der Waals surface area contributed by atoms with Crippen molar-refractivity contribution >= 4 is 17.9 Å². The van der Waals surface area contributed by atoms with Gasteiger partial charge in [-0.15, -0.1) is 0 Å². The van der Waals surface area contributed by atoms with Crippen LogP contribution in [0.25, 0.3) is 0 Å². The van der Waals surface area contributed by atoms with Crippen molar-refractivity contribution in [1.29, 1.82) is 0 Å². The van der Waals surface area contributed by atoms with Gasteiger partial charge in [0, 0.05) is 0 Å². The molecule has 0 atom stereocenters. The summed E-state index contributed by atoms with van der Waals surface area (Å²) >= 11 is 0. The van der Waals surface area contributed by atoms with Crippen LogP contribution in [-0.4, -0.2) is 33.5 Å². The van der Waals surface area contributed by atoms with Crippen molar-refractivity contribution in [2.45, 2.75) is 0 Å². The minimum atomic E-state index is -0.540. The molecule has 7 heteroatoms. The molecule has 0 saturated carbocycles. The fourth-order valence-electron chi connectivity index (χ4n) is 2.66. The molecule has 0 aliphatic heterocycles. The number of anilines is 1. The fraction of sp³-hybridized carbons (Fsp3) is 0.130. The summed E-state index contributed by atoms with van der Waals surface area (Å²) in [5, 5.41) is 4.20. The smallest absolute Gasteiger partial charge is 0.343 e. The molecule has 0 fully saturated rings. The zero-order valence-corrected chi connectivity index (χ0v) is 16.9. The molecule has 0 amide bonds. The average Bonchev–Trinajstić information content (AvgIpc) is 2.80. The van der Waals surface area contributed by atoms with Gasteiger partial charge in [0.2, 0.25) is 0 Å². The first-order valence-electron chi connectivity index (χ1n) is 9.11. The zero-order chi connectivity index (χ0) is 21.3. The van der Waals surface area contributed by atoms with E-state index in [1.165, 1.54) is 21.3 Å². The van der Waals surface area contributed by atoms with Crippen LogP contribution in [0.15, 0.2) is 71.8 Å². The van der Waals surface area contributed by atoms with Gasteiger partial charge in [-0.2, -0.15) is 5.10 Å². The number of nitrogens with one attached hydrogen (secondary N) is 1. The first-order chi connectivity index (χ1) is 14.6. The summed E-state index contributed by atoms with van der Waals surface area (Å²) in [6, 6.07) is 19.6. The number of hydrogen-bond acceptors (Lipinski definition) is 7. The summed E-state index contributed by atoms with van der Waals surface area (Å²) in [7, 11) is 4.54. The molecule has 0 saturated heterocycles. The van der Waals surface area contributed by atoms with E-state index in [1.54, 1.807) is 42.6 Å². The van der Waals surface area contributed by atoms with Crippen molar-refractivity contribution < 1.29 is 23.7 Å². The Kier molecular flexibility index (Phi) is 6.89. The van der Waals surface area contributed by atoms with Gasteiger partial charge in [-0.05, 0) is 54.1 Å². The first kappa shape index (κ1) is 20.7. The summed E-state index contributed by atoms with van der Waals surface area (Å²) in [5.74, 6) is 1.13. The molecule has 0 aliphatic rings. The Labute approximate surface area is 174 Å². The highest BCUT2D eigenvalue weighted by atomic mass is 16.6. The number of carbonyl (C=O) groups excluding carboxylic acids is 1. The average molecular weight is 406 g/mol. The maximum absolute atomic E-state index is 12.6. The first-order valence-corrected chi connectivity index (χ1v) is 9.11. The quantitative estimate of drug-likeness (QED) is 0.259. The second-order valence-corrected chi connectivity index (χ2v) is 6.11. The van der Waals surface area contributed by atoms with Crippen molar-refractivity contribution in [3.63, 3.8) is 0 Å². The molecule has 0 heterocycles. The monoisotopic (exact) mass is 406 g/mol. The van der Waals surface area contributed by atoms with E-state index in [1.807, 2.05) is 30.3 Å². The largest absolute Gasteiger partial charge is 0.493 e. The number of ether oxygens (including phenoxy) is 4. The number of carbonyl (C=O) groups is 1. The summed E-state index contributed by atoms with van der Waals surface area (Å²) in [5.41, 5.74) is 4.92. The third kappa shape index (κ3) is 5.08. The van der Waals surface area contributed by atoms with Crippen LogP contribution in [0.1, 0.15) is 15.9 Å². The van der Waals surface area contributed by atoms with Crippen LogP contribution in [0.4, 0.5) is 5.69 Å². The number of hydrogen-bond donors (Lipinski definition) is 1. The maximum Gasteiger partial charge on any atom is 0.343 e. The van der Waals surface area contributed by atoms with E-state index in [2.05, 4.69) is 10.5 Å². The van der Waals surface area contributed by atoms with Gasteiger partial charge in [-0.3, -0.25) is 5.43 Å². The summed E-state index contributed by atoms with van der Waals surface area (Å²) in [6.45, 7) is 0. The molecule has 0 bridgehead atoms. The Morgan fingerprint density at radius 1 is 0.800 bits per heavy atom. The normalized spacial score (nSPS) is 10.5. The van der Waals surface area contributed by atoms with Crippen LogP contribution in [-0.2, 0) is 0 Å². The van der Waals surface area contributed by atoms with Crippen LogP contribution in [0.2, 0.25) is 0 Å². The van der Waals surface area contributed by atoms with Crippen molar-refractivity contribution in [2.24, 2.45) is 5.10 Å². The SMILES string of the molecule is COc1ccc(C(=O)Oc2ccc(C=NNc3ccccc3)cc2OC)cc1OC. The van der Waals surface area contributed by atoms with E-state index in [0.29, 0.717) is 28.6 Å². The minimum Gasteiger partial charge on any atom is -0.493 e. The lowest BCUT2D eigenvalue weighted by molar-refractivity contribution is 0.0729. The Morgan fingerprint density at radius 3 is 2.17 bits per heavy atom. The Balaban J connectivity index is 1.72. The highest BCUT2D eigenvalue weighted by Crippen LogP contribution is 2.31. The Morgan fingerprint density at radius 2 is 1.47 bits per heavy atom. The number of nitrogens with zero attached hydrogens (tertiary/aromatic N) is 1. The van der Waals surface area contributed by atoms with Crippen molar-refractivity contribution in [3.05, 3.63) is 77.9 Å². The molecule has 3 aromatic carbocycles. The topological polar surface area (TPSA) is 78.4 Å². The molecule has 3 aromatic rings. The standard InChI is InChI=1S/C23H22N2O5/c1-27-19-12-10-17(14-22(19)29-3)23(26)30-20-11-9-16(13-21(20)28-2)15-24-25-18-7-5-4-6-8-18/h4-15,25H,1-3H3. The summed E-state index contributed by atoms with van der Waals surface area (Å²) in [6.07, 6.45) is 1.65. The van der Waals surface area contributed by atoms with E-state index in [9.17, 15) is 4.79 Å².